The van der Waals surface area contributed by atoms with Gasteiger partial charge in [-0.2, -0.15) is 8.42 Å². The van der Waals surface area contributed by atoms with E-state index < -0.39 is 192 Å². The lowest BCUT2D eigenvalue weighted by molar-refractivity contribution is -0.149. The summed E-state index contributed by atoms with van der Waals surface area (Å²) < 4.78 is 41.6. The predicted octanol–water partition coefficient (Wildman–Crippen LogP) is -2.64. The lowest BCUT2D eigenvalue weighted by Crippen LogP contribution is -2.64. The van der Waals surface area contributed by atoms with E-state index in [0.29, 0.717) is 21.8 Å². The number of benzene rings is 1. The van der Waals surface area contributed by atoms with Crippen molar-refractivity contribution in [3.05, 3.63) is 23.8 Å². The van der Waals surface area contributed by atoms with Crippen molar-refractivity contribution in [2.24, 2.45) is 17.6 Å². The Hall–Kier alpha value is -5.83. The molecule has 0 spiro atoms. The fraction of sp³-hybridized carbons (Fsp3) is 0.725. The lowest BCUT2D eigenvalue weighted by atomic mass is 9.96. The third kappa shape index (κ3) is 21.1. The van der Waals surface area contributed by atoms with Crippen molar-refractivity contribution in [1.29, 1.82) is 5.41 Å². The van der Waals surface area contributed by atoms with E-state index in [1.807, 2.05) is 10.6 Å². The van der Waals surface area contributed by atoms with Crippen LogP contribution in [0.25, 0.3) is 0 Å². The van der Waals surface area contributed by atoms with Crippen molar-refractivity contribution in [1.82, 2.24) is 31.1 Å². The third-order valence-corrected chi connectivity index (χ3v) is 14.4. The zero-order valence-corrected chi connectivity index (χ0v) is 47.1. The van der Waals surface area contributed by atoms with Crippen LogP contribution in [0.1, 0.15) is 136 Å². The van der Waals surface area contributed by atoms with Crippen LogP contribution in [0.5, 0.6) is 11.5 Å². The first-order valence-electron chi connectivity index (χ1n) is 27.2. The maximum atomic E-state index is 14.3. The summed E-state index contributed by atoms with van der Waals surface area (Å²) >= 11 is 0. The molecule has 15 atom stereocenters. The number of nitrogens with zero attached hydrogens (tertiary/aromatic N) is 2. The molecule has 7 amide bonds. The van der Waals surface area contributed by atoms with Crippen molar-refractivity contribution in [3.63, 3.8) is 0 Å². The van der Waals surface area contributed by atoms with Crippen LogP contribution in [0.4, 0.5) is 0 Å². The van der Waals surface area contributed by atoms with E-state index >= 15 is 0 Å². The minimum Gasteiger partial charge on any atom is -0.504 e. The molecule has 1 aromatic carbocycles. The van der Waals surface area contributed by atoms with Gasteiger partial charge in [0.15, 0.2) is 23.6 Å². The van der Waals surface area contributed by atoms with Crippen molar-refractivity contribution in [2.75, 3.05) is 19.7 Å². The SMILES string of the molecule is CC1CC(O)C(O)NC(=O)C2C(O)C(C)CN2C(=O)C(C(O)CC(N)=O)NC(=O)C(C(O)C(O)c2ccc(O)c(OS(=O)(=O)O)c2)NC(=O)C2CC(O)CN2C(=O)C(C(C)O)NC1=O.CCCCCCCOC(=N)CCCCCCC. The van der Waals surface area contributed by atoms with Crippen LogP contribution in [-0.2, 0) is 48.7 Å². The van der Waals surface area contributed by atoms with Gasteiger partial charge < -0.3 is 91.7 Å². The number of amides is 7. The van der Waals surface area contributed by atoms with Gasteiger partial charge in [0.05, 0.1) is 43.5 Å². The number of rotatable bonds is 21. The summed E-state index contributed by atoms with van der Waals surface area (Å²) in [5.74, 6) is -12.7. The number of carbonyl (C=O) groups excluding carboxylic acids is 7. The molecule has 3 saturated heterocycles. The first kappa shape index (κ1) is 69.4. The smallest absolute Gasteiger partial charge is 0.446 e. The van der Waals surface area contributed by atoms with Gasteiger partial charge in [-0.3, -0.25) is 43.5 Å². The number of aromatic hydroxyl groups is 1. The molecule has 17 N–H and O–H groups in total. The Bertz CT molecular complexity index is 2400. The Morgan fingerprint density at radius 1 is 0.765 bits per heavy atom. The summed E-state index contributed by atoms with van der Waals surface area (Å²) in [4.78, 5) is 96.9. The molecule has 1 aromatic rings. The molecule has 29 nitrogen and oxygen atoms in total. The van der Waals surface area contributed by atoms with Crippen molar-refractivity contribution in [2.45, 2.75) is 204 Å². The number of carbonyl (C=O) groups is 7. The van der Waals surface area contributed by atoms with Gasteiger partial charge in [0.1, 0.15) is 42.4 Å². The van der Waals surface area contributed by atoms with Gasteiger partial charge in [-0.05, 0) is 43.9 Å². The second kappa shape index (κ2) is 32.7. The summed E-state index contributed by atoms with van der Waals surface area (Å²) in [5, 5.41) is 114. The van der Waals surface area contributed by atoms with Crippen molar-refractivity contribution < 1.29 is 101 Å². The molecule has 30 heteroatoms. The Kier molecular flexibility index (Phi) is 28.0. The van der Waals surface area contributed by atoms with Crippen LogP contribution >= 0.6 is 0 Å². The maximum Gasteiger partial charge on any atom is 0.446 e. The number of nitrogens with two attached hydrogens (primary N) is 1. The molecule has 0 aliphatic carbocycles. The summed E-state index contributed by atoms with van der Waals surface area (Å²) in [6, 6.07) is -8.24. The van der Waals surface area contributed by atoms with Gasteiger partial charge >= 0.3 is 10.4 Å². The van der Waals surface area contributed by atoms with E-state index in [4.69, 9.17) is 20.4 Å². The summed E-state index contributed by atoms with van der Waals surface area (Å²) in [7, 11) is -5.30. The standard InChI is InChI=1S/C36H53N7O20S.C15H31NO/c1-12-6-20(48)32(55)41-34(57)26-27(50)13(2)10-43(26)36(59)24(19(47)9-22(37)49)39-33(56)25(29(52)28(51)15-4-5-18(46)21(7-15)63-64(60,61)62)40-31(54)17-8-16(45)11-42(17)35(58)23(14(3)44)38-30(12)53;1-3-5-7-9-11-13-15(16)17-14-12-10-8-6-4-2/h4-5,7,12-14,16-17,19-20,23-29,32,44-48,50-52,55H,6,8-11H2,1-3H3,(H2,37,49)(H,38,53)(H,39,56)(H,40,54)(H,41,57)(H,60,61,62);16H,3-14H2,1-2H3. The van der Waals surface area contributed by atoms with E-state index in [1.165, 1.54) is 65.2 Å². The predicted molar refractivity (Wildman–Crippen MR) is 285 cm³/mol. The van der Waals surface area contributed by atoms with Gasteiger partial charge in [-0.1, -0.05) is 85.1 Å². The number of aliphatic hydroxyl groups excluding tert-OH is 8. The van der Waals surface area contributed by atoms with E-state index in [2.05, 4.69) is 28.7 Å². The van der Waals surface area contributed by atoms with Crippen LogP contribution < -0.4 is 31.2 Å². The van der Waals surface area contributed by atoms with Crippen molar-refractivity contribution >= 4 is 57.6 Å². The minimum atomic E-state index is -5.30. The zero-order valence-electron chi connectivity index (χ0n) is 46.3. The maximum absolute atomic E-state index is 14.3. The van der Waals surface area contributed by atoms with Gasteiger partial charge in [-0.25, -0.2) is 0 Å². The highest BCUT2D eigenvalue weighted by atomic mass is 32.3. The molecule has 0 saturated carbocycles. The highest BCUT2D eigenvalue weighted by Crippen LogP contribution is 2.33. The molecule has 460 valence electrons. The number of fused-ring (bicyclic) bond motifs is 2. The van der Waals surface area contributed by atoms with E-state index in [1.54, 1.807) is 0 Å². The van der Waals surface area contributed by atoms with E-state index in [0.717, 1.165) is 44.9 Å². The average Bonchev–Trinajstić information content (AvgIpc) is 3.94. The Morgan fingerprint density at radius 2 is 1.35 bits per heavy atom. The number of hydrogen-bond donors (Lipinski definition) is 16. The summed E-state index contributed by atoms with van der Waals surface area (Å²) in [6.45, 7) is 7.82. The zero-order chi connectivity index (χ0) is 61.1. The van der Waals surface area contributed by atoms with Gasteiger partial charge in [0.2, 0.25) is 41.4 Å². The van der Waals surface area contributed by atoms with Gasteiger partial charge in [-0.15, -0.1) is 0 Å². The molecule has 81 heavy (non-hydrogen) atoms. The molecule has 3 aliphatic heterocycles. The van der Waals surface area contributed by atoms with Crippen LogP contribution in [0.2, 0.25) is 0 Å². The van der Waals surface area contributed by atoms with Gasteiger partial charge in [0, 0.05) is 37.8 Å². The fourth-order valence-corrected chi connectivity index (χ4v) is 9.77. The first-order chi connectivity index (χ1) is 37.9. The number of nitrogens with one attached hydrogen (secondary N) is 5. The number of aliphatic hydroxyl groups is 8. The third-order valence-electron chi connectivity index (χ3n) is 14.0. The van der Waals surface area contributed by atoms with Gasteiger partial charge in [0.25, 0.3) is 0 Å². The molecule has 4 rings (SSSR count). The number of hydrogen-bond acceptors (Lipinski definition) is 21. The number of ether oxygens (including phenoxy) is 1. The summed E-state index contributed by atoms with van der Waals surface area (Å²) in [5.41, 5.74) is 4.70. The second-order valence-electron chi connectivity index (χ2n) is 20.9. The number of unbranched alkanes of at least 4 members (excludes halogenated alkanes) is 8. The number of phenols is 1. The second-order valence-corrected chi connectivity index (χ2v) is 21.9. The molecule has 3 aliphatic rings. The first-order valence-corrected chi connectivity index (χ1v) is 28.6. The molecule has 3 heterocycles. The molecule has 0 bridgehead atoms. The van der Waals surface area contributed by atoms with Crippen molar-refractivity contribution in [3.8, 4) is 11.5 Å². The number of primary amides is 1. The average molecular weight is 1180 g/mol. The normalized spacial score (nSPS) is 27.8. The fourth-order valence-electron chi connectivity index (χ4n) is 9.41. The summed E-state index contributed by atoms with van der Waals surface area (Å²) in [6.07, 6.45) is -5.10. The highest BCUT2D eigenvalue weighted by Gasteiger charge is 2.50. The van der Waals surface area contributed by atoms with E-state index in [9.17, 15) is 87.9 Å². The topological polar surface area (TPSA) is 479 Å². The van der Waals surface area contributed by atoms with Crippen LogP contribution in [0.3, 0.4) is 0 Å². The molecule has 3 fully saturated rings. The molecule has 0 aromatic heterocycles. The highest BCUT2D eigenvalue weighted by molar-refractivity contribution is 7.81. The molecule has 0 radical (unpaired) electrons. The Labute approximate surface area is 470 Å². The molecule has 15 unspecified atom stereocenters. The van der Waals surface area contributed by atoms with Crippen LogP contribution in [0.15, 0.2) is 18.2 Å². The largest absolute Gasteiger partial charge is 0.504 e. The molecular formula is C51H84N8O21S. The molecular weight excluding hydrogens is 1090 g/mol. The minimum absolute atomic E-state index is 0.488. The Morgan fingerprint density at radius 3 is 1.94 bits per heavy atom. The quantitative estimate of drug-likeness (QED) is 0.0259. The van der Waals surface area contributed by atoms with Crippen LogP contribution in [-0.4, -0.2) is 209 Å². The Balaban J connectivity index is 0.000000870. The van der Waals surface area contributed by atoms with Crippen LogP contribution in [0, 0.1) is 17.2 Å². The number of phenolic OH excluding ortho intramolecular Hbond substituents is 1. The monoisotopic (exact) mass is 1180 g/mol. The van der Waals surface area contributed by atoms with E-state index in [-0.39, 0.29) is 0 Å². The lowest BCUT2D eigenvalue weighted by Gasteiger charge is -2.34.